The van der Waals surface area contributed by atoms with Crippen molar-refractivity contribution < 1.29 is 9.84 Å². The Morgan fingerprint density at radius 2 is 2.25 bits per heavy atom. The van der Waals surface area contributed by atoms with E-state index in [1.54, 1.807) is 6.07 Å². The van der Waals surface area contributed by atoms with Crippen LogP contribution in [0.15, 0.2) is 12.1 Å². The largest absolute Gasteiger partial charge is 0.507 e. The van der Waals surface area contributed by atoms with Crippen LogP contribution in [-0.4, -0.2) is 5.11 Å². The lowest BCUT2D eigenvalue weighted by molar-refractivity contribution is 0.134. The second-order valence-electron chi connectivity index (χ2n) is 2.70. The Kier molecular flexibility index (Phi) is 1.49. The number of aromatic hydroxyl groups is 1. The Bertz CT molecular complexity index is 366. The number of ether oxygens (including phenoxy) is 1. The number of rotatable bonds is 0. The summed E-state index contributed by atoms with van der Waals surface area (Å²) in [6.07, 6.45) is 0. The smallest absolute Gasteiger partial charge is 0.133 e. The number of phenolic OH excluding ortho intramolecular Hbond substituents is 1. The van der Waals surface area contributed by atoms with Gasteiger partial charge in [0.15, 0.2) is 0 Å². The molecule has 0 saturated carbocycles. The summed E-state index contributed by atoms with van der Waals surface area (Å²) in [7, 11) is 0. The van der Waals surface area contributed by atoms with E-state index in [-0.39, 0.29) is 5.75 Å². The molecule has 12 heavy (non-hydrogen) atoms. The third kappa shape index (κ3) is 0.858. The number of benzene rings is 1. The maximum atomic E-state index is 9.30. The van der Waals surface area contributed by atoms with Crippen molar-refractivity contribution in [1.82, 2.24) is 0 Å². The van der Waals surface area contributed by atoms with E-state index in [4.69, 9.17) is 10.00 Å². The number of hydrogen-bond donors (Lipinski definition) is 1. The molecular weight excluding hydrogens is 154 g/mol. The highest BCUT2D eigenvalue weighted by Crippen LogP contribution is 2.28. The second kappa shape index (κ2) is 2.50. The van der Waals surface area contributed by atoms with Crippen LogP contribution in [0.4, 0.5) is 0 Å². The van der Waals surface area contributed by atoms with Crippen molar-refractivity contribution in [2.75, 3.05) is 0 Å². The number of hydrogen-bond acceptors (Lipinski definition) is 3. The van der Waals surface area contributed by atoms with E-state index >= 15 is 0 Å². The molecule has 1 aromatic rings. The predicted octanol–water partition coefficient (Wildman–Crippen LogP) is 1.29. The van der Waals surface area contributed by atoms with E-state index in [0.29, 0.717) is 18.8 Å². The molecule has 0 spiro atoms. The lowest BCUT2D eigenvalue weighted by atomic mass is 10.0. The Morgan fingerprint density at radius 1 is 1.42 bits per heavy atom. The Labute approximate surface area is 69.8 Å². The zero-order valence-electron chi connectivity index (χ0n) is 6.37. The molecule has 0 unspecified atom stereocenters. The number of phenols is 1. The average Bonchev–Trinajstić information content (AvgIpc) is 2.52. The van der Waals surface area contributed by atoms with Crippen LogP contribution in [0.25, 0.3) is 0 Å². The van der Waals surface area contributed by atoms with Gasteiger partial charge < -0.3 is 9.84 Å². The molecule has 0 aliphatic carbocycles. The molecule has 1 N–H and O–H groups in total. The van der Waals surface area contributed by atoms with Gasteiger partial charge >= 0.3 is 0 Å². The highest BCUT2D eigenvalue weighted by molar-refractivity contribution is 5.52. The first-order chi connectivity index (χ1) is 5.83. The quantitative estimate of drug-likeness (QED) is 0.623. The van der Waals surface area contributed by atoms with Crippen molar-refractivity contribution in [3.63, 3.8) is 0 Å². The van der Waals surface area contributed by atoms with Gasteiger partial charge in [-0.05, 0) is 11.6 Å². The third-order valence-electron chi connectivity index (χ3n) is 2.00. The molecule has 1 aliphatic rings. The van der Waals surface area contributed by atoms with E-state index in [0.717, 1.165) is 11.1 Å². The first kappa shape index (κ1) is 7.14. The van der Waals surface area contributed by atoms with Gasteiger partial charge in [-0.15, -0.1) is 0 Å². The SMILES string of the molecule is N#Cc1c(O)ccc2c1COC2. The normalized spacial score (nSPS) is 13.9. The molecule has 3 heteroatoms. The number of fused-ring (bicyclic) bond motifs is 1. The lowest BCUT2D eigenvalue weighted by Gasteiger charge is -2.00. The fraction of sp³-hybridized carbons (Fsp3) is 0.222. The Balaban J connectivity index is 2.67. The maximum absolute atomic E-state index is 9.30. The molecular formula is C9H7NO2. The Morgan fingerprint density at radius 3 is 3.00 bits per heavy atom. The van der Waals surface area contributed by atoms with Crippen molar-refractivity contribution in [2.24, 2.45) is 0 Å². The minimum atomic E-state index is 0.0433. The van der Waals surface area contributed by atoms with Crippen LogP contribution in [0.3, 0.4) is 0 Å². The van der Waals surface area contributed by atoms with Crippen molar-refractivity contribution in [3.8, 4) is 11.8 Å². The molecule has 60 valence electrons. The molecule has 0 radical (unpaired) electrons. The first-order valence-electron chi connectivity index (χ1n) is 3.64. The number of nitriles is 1. The zero-order valence-corrected chi connectivity index (χ0v) is 6.37. The highest BCUT2D eigenvalue weighted by atomic mass is 16.5. The van der Waals surface area contributed by atoms with Crippen LogP contribution in [0.2, 0.25) is 0 Å². The summed E-state index contributed by atoms with van der Waals surface area (Å²) in [5, 5.41) is 18.0. The van der Waals surface area contributed by atoms with E-state index < -0.39 is 0 Å². The predicted molar refractivity (Wildman–Crippen MR) is 41.3 cm³/mol. The summed E-state index contributed by atoms with van der Waals surface area (Å²) in [5.74, 6) is 0.0433. The first-order valence-corrected chi connectivity index (χ1v) is 3.64. The van der Waals surface area contributed by atoms with Gasteiger partial charge in [0.2, 0.25) is 0 Å². The molecule has 1 aromatic carbocycles. The summed E-state index contributed by atoms with van der Waals surface area (Å²) in [4.78, 5) is 0. The van der Waals surface area contributed by atoms with Crippen molar-refractivity contribution >= 4 is 0 Å². The van der Waals surface area contributed by atoms with E-state index in [1.165, 1.54) is 6.07 Å². The molecule has 0 atom stereocenters. The van der Waals surface area contributed by atoms with Crippen molar-refractivity contribution in [1.29, 1.82) is 5.26 Å². The van der Waals surface area contributed by atoms with Crippen LogP contribution in [0.5, 0.6) is 5.75 Å². The van der Waals surface area contributed by atoms with E-state index in [9.17, 15) is 5.11 Å². The summed E-state index contributed by atoms with van der Waals surface area (Å²) in [6, 6.07) is 5.29. The maximum Gasteiger partial charge on any atom is 0.133 e. The molecule has 3 nitrogen and oxygen atoms in total. The standard InChI is InChI=1S/C9H7NO2/c10-3-7-8-5-12-4-6(8)1-2-9(7)11/h1-2,11H,4-5H2. The van der Waals surface area contributed by atoms with Crippen LogP contribution >= 0.6 is 0 Å². The van der Waals surface area contributed by atoms with Crippen LogP contribution in [0, 0.1) is 11.3 Å². The van der Waals surface area contributed by atoms with Crippen LogP contribution in [0.1, 0.15) is 16.7 Å². The van der Waals surface area contributed by atoms with E-state index in [1.807, 2.05) is 6.07 Å². The molecule has 0 aromatic heterocycles. The van der Waals surface area contributed by atoms with Crippen LogP contribution < -0.4 is 0 Å². The van der Waals surface area contributed by atoms with Gasteiger partial charge in [-0.25, -0.2) is 0 Å². The zero-order chi connectivity index (χ0) is 8.55. The minimum absolute atomic E-state index is 0.0433. The fourth-order valence-corrected chi connectivity index (χ4v) is 1.37. The summed E-state index contributed by atoms with van der Waals surface area (Å²) in [6.45, 7) is 0.983. The molecule has 1 aliphatic heterocycles. The van der Waals surface area contributed by atoms with Crippen molar-refractivity contribution in [3.05, 3.63) is 28.8 Å². The number of nitrogens with zero attached hydrogens (tertiary/aromatic N) is 1. The Hall–Kier alpha value is -1.53. The highest BCUT2D eigenvalue weighted by Gasteiger charge is 2.17. The van der Waals surface area contributed by atoms with Gasteiger partial charge in [-0.1, -0.05) is 6.07 Å². The molecule has 0 amide bonds. The lowest BCUT2D eigenvalue weighted by Crippen LogP contribution is -1.88. The third-order valence-corrected chi connectivity index (χ3v) is 2.00. The van der Waals surface area contributed by atoms with Gasteiger partial charge in [0.25, 0.3) is 0 Å². The second-order valence-corrected chi connectivity index (χ2v) is 2.70. The molecule has 1 heterocycles. The summed E-state index contributed by atoms with van der Waals surface area (Å²) in [5.41, 5.74) is 2.19. The van der Waals surface area contributed by atoms with Gasteiger partial charge in [-0.2, -0.15) is 5.26 Å². The molecule has 2 rings (SSSR count). The molecule has 0 fully saturated rings. The van der Waals surface area contributed by atoms with Gasteiger partial charge in [-0.3, -0.25) is 0 Å². The topological polar surface area (TPSA) is 53.2 Å². The average molecular weight is 161 g/mol. The van der Waals surface area contributed by atoms with Crippen molar-refractivity contribution in [2.45, 2.75) is 13.2 Å². The summed E-state index contributed by atoms with van der Waals surface area (Å²) < 4.78 is 5.15. The molecule has 0 saturated heterocycles. The van der Waals surface area contributed by atoms with Gasteiger partial charge in [0.1, 0.15) is 11.8 Å². The minimum Gasteiger partial charge on any atom is -0.507 e. The van der Waals surface area contributed by atoms with Gasteiger partial charge in [0.05, 0.1) is 18.8 Å². The monoisotopic (exact) mass is 161 g/mol. The molecule has 0 bridgehead atoms. The van der Waals surface area contributed by atoms with E-state index in [2.05, 4.69) is 0 Å². The fourth-order valence-electron chi connectivity index (χ4n) is 1.37. The van der Waals surface area contributed by atoms with Crippen LogP contribution in [-0.2, 0) is 18.0 Å². The summed E-state index contributed by atoms with van der Waals surface area (Å²) >= 11 is 0. The van der Waals surface area contributed by atoms with Gasteiger partial charge in [0, 0.05) is 5.56 Å².